The number of fused-ring (bicyclic) bond motifs is 1. The predicted octanol–water partition coefficient (Wildman–Crippen LogP) is 4.69. The van der Waals surface area contributed by atoms with Crippen molar-refractivity contribution < 1.29 is 4.74 Å². The summed E-state index contributed by atoms with van der Waals surface area (Å²) in [6.45, 7) is 9.90. The zero-order valence-corrected chi connectivity index (χ0v) is 13.9. The van der Waals surface area contributed by atoms with Gasteiger partial charge in [0.15, 0.2) is 0 Å². The maximum atomic E-state index is 6.32. The van der Waals surface area contributed by atoms with Crippen LogP contribution in [0.25, 0.3) is 0 Å². The van der Waals surface area contributed by atoms with Crippen LogP contribution in [0.2, 0.25) is 0 Å². The normalized spacial score (nSPS) is 26.1. The van der Waals surface area contributed by atoms with E-state index in [2.05, 4.69) is 67.1 Å². The summed E-state index contributed by atoms with van der Waals surface area (Å²) >= 11 is 3.54. The summed E-state index contributed by atoms with van der Waals surface area (Å²) in [6.07, 6.45) is 2.12. The van der Waals surface area contributed by atoms with Crippen molar-refractivity contribution in [1.82, 2.24) is 5.32 Å². The molecule has 1 N–H and O–H groups in total. The highest BCUT2D eigenvalue weighted by atomic mass is 79.9. The number of rotatable bonds is 4. The molecular weight excluding hydrogens is 302 g/mol. The molecule has 2 atom stereocenters. The highest BCUT2D eigenvalue weighted by Crippen LogP contribution is 2.43. The van der Waals surface area contributed by atoms with E-state index < -0.39 is 0 Å². The summed E-state index contributed by atoms with van der Waals surface area (Å²) in [6, 6.07) is 6.75. The highest BCUT2D eigenvalue weighted by molar-refractivity contribution is 9.10. The molecule has 0 spiro atoms. The maximum Gasteiger partial charge on any atom is 0.126 e. The number of halogens is 1. The van der Waals surface area contributed by atoms with Crippen LogP contribution in [0.4, 0.5) is 0 Å². The van der Waals surface area contributed by atoms with E-state index in [9.17, 15) is 0 Å². The van der Waals surface area contributed by atoms with Crippen molar-refractivity contribution in [3.05, 3.63) is 28.2 Å². The topological polar surface area (TPSA) is 21.3 Å². The van der Waals surface area contributed by atoms with Gasteiger partial charge in [-0.1, -0.05) is 42.8 Å². The molecule has 0 bridgehead atoms. The fraction of sp³-hybridized carbons (Fsp3) is 0.625. The molecule has 19 heavy (non-hydrogen) atoms. The number of nitrogens with one attached hydrogen (secondary N) is 1. The van der Waals surface area contributed by atoms with Crippen molar-refractivity contribution in [3.8, 4) is 5.75 Å². The lowest BCUT2D eigenvalue weighted by molar-refractivity contribution is 0.0288. The molecule has 1 heterocycles. The molecule has 106 valence electrons. The molecule has 1 aromatic rings. The van der Waals surface area contributed by atoms with Crippen molar-refractivity contribution in [1.29, 1.82) is 0 Å². The van der Waals surface area contributed by atoms with Crippen LogP contribution in [-0.4, -0.2) is 12.1 Å². The first-order valence-corrected chi connectivity index (χ1v) is 7.94. The van der Waals surface area contributed by atoms with Crippen LogP contribution < -0.4 is 10.1 Å². The first-order valence-electron chi connectivity index (χ1n) is 7.15. The standard InChI is InChI=1S/C16H24BrNO/c1-5-18-14-10-16(4,9-11(2)3)19-15-8-12(17)6-7-13(14)15/h6-8,11,14,18H,5,9-10H2,1-4H3. The zero-order chi connectivity index (χ0) is 14.0. The fourth-order valence-electron chi connectivity index (χ4n) is 3.15. The Kier molecular flexibility index (Phi) is 4.57. The molecule has 0 amide bonds. The van der Waals surface area contributed by atoms with Crippen LogP contribution in [0.1, 0.15) is 52.1 Å². The average molecular weight is 326 g/mol. The van der Waals surface area contributed by atoms with Gasteiger partial charge in [-0.2, -0.15) is 0 Å². The molecule has 0 saturated heterocycles. The highest BCUT2D eigenvalue weighted by Gasteiger charge is 2.37. The fourth-order valence-corrected chi connectivity index (χ4v) is 3.49. The average Bonchev–Trinajstić information content (AvgIpc) is 2.26. The van der Waals surface area contributed by atoms with Gasteiger partial charge >= 0.3 is 0 Å². The Balaban J connectivity index is 2.33. The zero-order valence-electron chi connectivity index (χ0n) is 12.3. The van der Waals surface area contributed by atoms with E-state index in [-0.39, 0.29) is 5.60 Å². The molecule has 0 fully saturated rings. The van der Waals surface area contributed by atoms with Crippen LogP contribution in [0.5, 0.6) is 5.75 Å². The summed E-state index contributed by atoms with van der Waals surface area (Å²) in [5, 5.41) is 3.59. The van der Waals surface area contributed by atoms with E-state index in [1.807, 2.05) is 0 Å². The van der Waals surface area contributed by atoms with Crippen molar-refractivity contribution >= 4 is 15.9 Å². The minimum absolute atomic E-state index is 0.0746. The van der Waals surface area contributed by atoms with Crippen LogP contribution >= 0.6 is 15.9 Å². The Labute approximate surface area is 125 Å². The van der Waals surface area contributed by atoms with Gasteiger partial charge in [-0.25, -0.2) is 0 Å². The molecule has 0 aliphatic carbocycles. The van der Waals surface area contributed by atoms with E-state index in [0.717, 1.165) is 29.6 Å². The van der Waals surface area contributed by atoms with Gasteiger partial charge < -0.3 is 10.1 Å². The maximum absolute atomic E-state index is 6.32. The summed E-state index contributed by atoms with van der Waals surface area (Å²) in [5.74, 6) is 1.66. The predicted molar refractivity (Wildman–Crippen MR) is 83.7 cm³/mol. The molecular formula is C16H24BrNO. The van der Waals surface area contributed by atoms with Gasteiger partial charge in [0.1, 0.15) is 11.4 Å². The Morgan fingerprint density at radius 1 is 1.47 bits per heavy atom. The Hall–Kier alpha value is -0.540. The first kappa shape index (κ1) is 14.9. The van der Waals surface area contributed by atoms with E-state index in [0.29, 0.717) is 12.0 Å². The van der Waals surface area contributed by atoms with Crippen LogP contribution in [0.3, 0.4) is 0 Å². The minimum atomic E-state index is -0.0746. The van der Waals surface area contributed by atoms with Gasteiger partial charge in [0.05, 0.1) is 0 Å². The van der Waals surface area contributed by atoms with Gasteiger partial charge in [0, 0.05) is 22.5 Å². The van der Waals surface area contributed by atoms with Crippen LogP contribution in [0, 0.1) is 5.92 Å². The summed E-state index contributed by atoms with van der Waals surface area (Å²) in [4.78, 5) is 0. The smallest absolute Gasteiger partial charge is 0.126 e. The first-order chi connectivity index (χ1) is 8.93. The third-order valence-electron chi connectivity index (χ3n) is 3.63. The lowest BCUT2D eigenvalue weighted by Gasteiger charge is -2.41. The number of ether oxygens (including phenoxy) is 1. The Morgan fingerprint density at radius 3 is 2.84 bits per heavy atom. The third-order valence-corrected chi connectivity index (χ3v) is 4.13. The van der Waals surface area contributed by atoms with Crippen LogP contribution in [0.15, 0.2) is 22.7 Å². The lowest BCUT2D eigenvalue weighted by Crippen LogP contribution is -2.42. The molecule has 2 nitrogen and oxygen atoms in total. The van der Waals surface area contributed by atoms with Crippen LogP contribution in [-0.2, 0) is 0 Å². The third kappa shape index (κ3) is 3.51. The molecule has 0 radical (unpaired) electrons. The van der Waals surface area contributed by atoms with Gasteiger partial charge in [0.25, 0.3) is 0 Å². The summed E-state index contributed by atoms with van der Waals surface area (Å²) in [7, 11) is 0. The van der Waals surface area contributed by atoms with Crippen molar-refractivity contribution in [3.63, 3.8) is 0 Å². The van der Waals surface area contributed by atoms with E-state index in [1.165, 1.54) is 5.56 Å². The van der Waals surface area contributed by atoms with Gasteiger partial charge in [0.2, 0.25) is 0 Å². The monoisotopic (exact) mass is 325 g/mol. The molecule has 1 aliphatic heterocycles. The lowest BCUT2D eigenvalue weighted by atomic mass is 9.83. The molecule has 0 saturated carbocycles. The second-order valence-corrected chi connectivity index (χ2v) is 7.06. The van der Waals surface area contributed by atoms with E-state index in [4.69, 9.17) is 4.74 Å². The quantitative estimate of drug-likeness (QED) is 0.867. The number of hydrogen-bond acceptors (Lipinski definition) is 2. The number of benzene rings is 1. The minimum Gasteiger partial charge on any atom is -0.487 e. The van der Waals surface area contributed by atoms with Gasteiger partial charge in [-0.15, -0.1) is 0 Å². The second-order valence-electron chi connectivity index (χ2n) is 6.15. The largest absolute Gasteiger partial charge is 0.487 e. The van der Waals surface area contributed by atoms with Crippen molar-refractivity contribution in [2.75, 3.05) is 6.54 Å². The van der Waals surface area contributed by atoms with Gasteiger partial charge in [-0.05, 0) is 37.9 Å². The molecule has 3 heteroatoms. The van der Waals surface area contributed by atoms with E-state index in [1.54, 1.807) is 0 Å². The Bertz CT molecular complexity index is 446. The van der Waals surface area contributed by atoms with Crippen molar-refractivity contribution in [2.24, 2.45) is 5.92 Å². The van der Waals surface area contributed by atoms with Crippen molar-refractivity contribution in [2.45, 2.75) is 52.2 Å². The second kappa shape index (κ2) is 5.84. The number of hydrogen-bond donors (Lipinski definition) is 1. The molecule has 1 aromatic carbocycles. The molecule has 1 aliphatic rings. The summed E-state index contributed by atoms with van der Waals surface area (Å²) in [5.41, 5.74) is 1.21. The summed E-state index contributed by atoms with van der Waals surface area (Å²) < 4.78 is 7.40. The van der Waals surface area contributed by atoms with E-state index >= 15 is 0 Å². The molecule has 0 aromatic heterocycles. The Morgan fingerprint density at radius 2 is 2.21 bits per heavy atom. The molecule has 2 unspecified atom stereocenters. The SMILES string of the molecule is CCNC1CC(C)(CC(C)C)Oc2cc(Br)ccc21. The van der Waals surface area contributed by atoms with Gasteiger partial charge in [-0.3, -0.25) is 0 Å². The molecule has 2 rings (SSSR count).